The number of carbonyl (C=O) groups excluding carboxylic acids is 1. The molecule has 2 unspecified atom stereocenters. The zero-order valence-electron chi connectivity index (χ0n) is 13.8. The number of rotatable bonds is 7. The van der Waals surface area contributed by atoms with E-state index in [2.05, 4.69) is 28.0 Å². The Morgan fingerprint density at radius 1 is 1.42 bits per heavy atom. The van der Waals surface area contributed by atoms with Gasteiger partial charge in [0.05, 0.1) is 6.42 Å². The number of esters is 1. The maximum Gasteiger partial charge on any atom is 0.306 e. The van der Waals surface area contributed by atoms with Crippen molar-refractivity contribution in [2.24, 2.45) is 17.8 Å². The summed E-state index contributed by atoms with van der Waals surface area (Å²) in [6, 6.07) is 9.75. The van der Waals surface area contributed by atoms with Gasteiger partial charge in [-0.15, -0.1) is 0 Å². The van der Waals surface area contributed by atoms with Crippen molar-refractivity contribution in [1.82, 2.24) is 0 Å². The molecule has 7 atom stereocenters. The van der Waals surface area contributed by atoms with Gasteiger partial charge in [-0.1, -0.05) is 46.2 Å². The minimum absolute atomic E-state index is 0.0537. The van der Waals surface area contributed by atoms with Gasteiger partial charge < -0.3 is 14.0 Å². The molecule has 130 valence electrons. The molecule has 0 bridgehead atoms. The predicted octanol–water partition coefficient (Wildman–Crippen LogP) is 3.98. The van der Waals surface area contributed by atoms with Crippen molar-refractivity contribution < 1.29 is 18.8 Å². The molecular formula is C18H24O4P2. The molecule has 4 nitrogen and oxygen atoms in total. The fraction of sp³-hybridized carbons (Fsp3) is 0.500. The molecule has 0 spiro atoms. The van der Waals surface area contributed by atoms with Gasteiger partial charge in [0, 0.05) is 14.4 Å². The summed E-state index contributed by atoms with van der Waals surface area (Å²) in [5.74, 6) is 2.01. The van der Waals surface area contributed by atoms with Crippen LogP contribution in [0, 0.1) is 17.8 Å². The Morgan fingerprint density at radius 2 is 2.21 bits per heavy atom. The summed E-state index contributed by atoms with van der Waals surface area (Å²) in [4.78, 5) is 11.5. The smallest absolute Gasteiger partial charge is 0.306 e. The molecule has 24 heavy (non-hydrogen) atoms. The molecule has 0 N–H and O–H groups in total. The van der Waals surface area contributed by atoms with Crippen LogP contribution in [-0.2, 0) is 14.1 Å². The molecule has 1 aliphatic heterocycles. The molecule has 0 aromatic heterocycles. The Bertz CT molecular complexity index is 578. The van der Waals surface area contributed by atoms with Crippen LogP contribution in [-0.4, -0.2) is 24.8 Å². The molecule has 2 fully saturated rings. The number of hydrogen-bond acceptors (Lipinski definition) is 4. The molecular weight excluding hydrogens is 342 g/mol. The van der Waals surface area contributed by atoms with Crippen LogP contribution in [0.1, 0.15) is 19.8 Å². The molecule has 0 amide bonds. The highest BCUT2D eigenvalue weighted by Crippen LogP contribution is 2.45. The Morgan fingerprint density at radius 3 is 2.96 bits per heavy atom. The summed E-state index contributed by atoms with van der Waals surface area (Å²) in [5, 5.41) is 0. The molecule has 1 aliphatic carbocycles. The van der Waals surface area contributed by atoms with Gasteiger partial charge in [-0.05, 0) is 30.4 Å². The summed E-state index contributed by atoms with van der Waals surface area (Å²) in [6.45, 7) is 2.71. The molecule has 1 heterocycles. The lowest BCUT2D eigenvalue weighted by Gasteiger charge is -2.18. The first-order valence-electron chi connectivity index (χ1n) is 8.34. The third-order valence-electron chi connectivity index (χ3n) is 4.84. The molecule has 1 saturated heterocycles. The van der Waals surface area contributed by atoms with Crippen LogP contribution in [0.3, 0.4) is 0 Å². The van der Waals surface area contributed by atoms with E-state index in [1.807, 2.05) is 30.3 Å². The van der Waals surface area contributed by atoms with E-state index in [0.717, 1.165) is 12.2 Å². The third kappa shape index (κ3) is 4.36. The van der Waals surface area contributed by atoms with Crippen molar-refractivity contribution >= 4 is 23.4 Å². The van der Waals surface area contributed by atoms with Crippen molar-refractivity contribution in [3.05, 3.63) is 42.5 Å². The van der Waals surface area contributed by atoms with Gasteiger partial charge in [-0.25, -0.2) is 0 Å². The fourth-order valence-electron chi connectivity index (χ4n) is 3.68. The van der Waals surface area contributed by atoms with E-state index in [0.29, 0.717) is 39.3 Å². The number of hydrogen-bond donors (Lipinski definition) is 0. The number of para-hydroxylation sites is 1. The number of benzene rings is 1. The molecule has 3 rings (SSSR count). The molecule has 1 aromatic rings. The SMILES string of the molecule is C[C@@H]1C[C@@H]2OC(=O)C[C@@H]2[C@H]1/C=C/[C@H](COc1ccccc1)OPP. The van der Waals surface area contributed by atoms with Gasteiger partial charge in [0.25, 0.3) is 0 Å². The average Bonchev–Trinajstić information content (AvgIpc) is 3.06. The van der Waals surface area contributed by atoms with E-state index in [4.69, 9.17) is 14.0 Å². The predicted molar refractivity (Wildman–Crippen MR) is 99.2 cm³/mol. The van der Waals surface area contributed by atoms with E-state index in [1.165, 1.54) is 0 Å². The number of ether oxygens (including phenoxy) is 2. The second kappa shape index (κ2) is 8.43. The second-order valence-electron chi connectivity index (χ2n) is 6.47. The Labute approximate surface area is 147 Å². The maximum atomic E-state index is 11.5. The molecule has 2 aliphatic rings. The topological polar surface area (TPSA) is 44.8 Å². The van der Waals surface area contributed by atoms with E-state index in [9.17, 15) is 4.79 Å². The van der Waals surface area contributed by atoms with Crippen LogP contribution >= 0.6 is 17.4 Å². The van der Waals surface area contributed by atoms with Crippen molar-refractivity contribution in [2.75, 3.05) is 6.61 Å². The molecule has 1 aromatic carbocycles. The minimum Gasteiger partial charge on any atom is -0.491 e. The third-order valence-corrected chi connectivity index (χ3v) is 5.69. The number of carbonyl (C=O) groups is 1. The van der Waals surface area contributed by atoms with Gasteiger partial charge >= 0.3 is 5.97 Å². The maximum absolute atomic E-state index is 11.5. The Kier molecular flexibility index (Phi) is 6.27. The standard InChI is InChI=1S/C18H24O4P2/c1-12-9-17-16(10-18(19)21-17)15(12)8-7-14(22-24-23)11-20-13-5-3-2-4-6-13/h2-8,12,14-17,24H,9-11,23H2,1H3/b8-7+/t12-,14-,15+,16-,17+/m1/s1. The summed E-state index contributed by atoms with van der Waals surface area (Å²) in [6.07, 6.45) is 5.81. The van der Waals surface area contributed by atoms with E-state index < -0.39 is 0 Å². The van der Waals surface area contributed by atoms with Crippen LogP contribution in [0.2, 0.25) is 0 Å². The number of allylic oxidation sites excluding steroid dienone is 1. The van der Waals surface area contributed by atoms with E-state index in [1.54, 1.807) is 0 Å². The zero-order chi connectivity index (χ0) is 16.9. The lowest BCUT2D eigenvalue weighted by molar-refractivity contribution is -0.141. The first kappa shape index (κ1) is 17.9. The monoisotopic (exact) mass is 366 g/mol. The van der Waals surface area contributed by atoms with Gasteiger partial charge in [0.15, 0.2) is 0 Å². The van der Waals surface area contributed by atoms with Crippen molar-refractivity contribution in [3.63, 3.8) is 0 Å². The minimum atomic E-state index is -0.0923. The fourth-order valence-corrected chi connectivity index (χ4v) is 4.52. The van der Waals surface area contributed by atoms with Gasteiger partial charge in [-0.2, -0.15) is 0 Å². The highest BCUT2D eigenvalue weighted by atomic mass is 32.0. The van der Waals surface area contributed by atoms with Gasteiger partial charge in [-0.3, -0.25) is 4.79 Å². The molecule has 1 saturated carbocycles. The number of fused-ring (bicyclic) bond motifs is 1. The second-order valence-corrected chi connectivity index (χ2v) is 7.65. The normalized spacial score (nSPS) is 30.8. The summed E-state index contributed by atoms with van der Waals surface area (Å²) in [5.41, 5.74) is 0. The van der Waals surface area contributed by atoms with Crippen molar-refractivity contribution in [3.8, 4) is 5.75 Å². The van der Waals surface area contributed by atoms with Crippen LogP contribution in [0.25, 0.3) is 0 Å². The summed E-state index contributed by atoms with van der Waals surface area (Å²) in [7, 11) is 2.93. The summed E-state index contributed by atoms with van der Waals surface area (Å²) < 4.78 is 17.0. The Balaban J connectivity index is 1.59. The lowest BCUT2D eigenvalue weighted by atomic mass is 9.88. The van der Waals surface area contributed by atoms with Crippen LogP contribution in [0.4, 0.5) is 0 Å². The van der Waals surface area contributed by atoms with Gasteiger partial charge in [0.1, 0.15) is 24.6 Å². The largest absolute Gasteiger partial charge is 0.491 e. The average molecular weight is 366 g/mol. The zero-order valence-corrected chi connectivity index (χ0v) is 15.9. The van der Waals surface area contributed by atoms with Crippen molar-refractivity contribution in [1.29, 1.82) is 0 Å². The van der Waals surface area contributed by atoms with Crippen LogP contribution in [0.5, 0.6) is 5.75 Å². The van der Waals surface area contributed by atoms with Crippen LogP contribution < -0.4 is 4.74 Å². The van der Waals surface area contributed by atoms with Gasteiger partial charge in [0.2, 0.25) is 0 Å². The molecule has 0 radical (unpaired) electrons. The lowest BCUT2D eigenvalue weighted by Crippen LogP contribution is -2.18. The Hall–Kier alpha value is -0.950. The first-order chi connectivity index (χ1) is 11.7. The quantitative estimate of drug-likeness (QED) is 0.416. The van der Waals surface area contributed by atoms with Crippen molar-refractivity contribution in [2.45, 2.75) is 32.0 Å². The first-order valence-corrected chi connectivity index (χ1v) is 11.1. The highest BCUT2D eigenvalue weighted by Gasteiger charge is 2.47. The van der Waals surface area contributed by atoms with Crippen LogP contribution in [0.15, 0.2) is 42.5 Å². The summed E-state index contributed by atoms with van der Waals surface area (Å²) >= 11 is 0. The molecule has 6 heteroatoms. The van der Waals surface area contributed by atoms with E-state index >= 15 is 0 Å². The van der Waals surface area contributed by atoms with E-state index in [-0.39, 0.29) is 18.2 Å². The highest BCUT2D eigenvalue weighted by molar-refractivity contribution is 8.00.